The first kappa shape index (κ1) is 15.8. The van der Waals surface area contributed by atoms with E-state index in [2.05, 4.69) is 31.4 Å². The molecule has 0 saturated carbocycles. The molecule has 0 saturated heterocycles. The number of benzene rings is 2. The number of imidazole rings is 1. The number of fused-ring (bicyclic) bond motifs is 3. The summed E-state index contributed by atoms with van der Waals surface area (Å²) in [6, 6.07) is 24.0. The van der Waals surface area contributed by atoms with E-state index >= 15 is 0 Å². The lowest BCUT2D eigenvalue weighted by atomic mass is 10.2. The lowest BCUT2D eigenvalue weighted by Crippen LogP contribution is -1.96. The zero-order valence-corrected chi connectivity index (χ0v) is 15.3. The molecule has 7 heteroatoms. The minimum absolute atomic E-state index is 0.500. The van der Waals surface area contributed by atoms with Crippen molar-refractivity contribution >= 4 is 39.3 Å². The second-order valence-electron chi connectivity index (χ2n) is 6.74. The molecule has 6 rings (SSSR count). The van der Waals surface area contributed by atoms with Crippen LogP contribution in [0, 0.1) is 0 Å². The van der Waals surface area contributed by atoms with Crippen molar-refractivity contribution in [2.45, 2.75) is 0 Å². The third kappa shape index (κ3) is 2.68. The summed E-state index contributed by atoms with van der Waals surface area (Å²) in [4.78, 5) is 13.7. The van der Waals surface area contributed by atoms with Crippen LogP contribution in [0.3, 0.4) is 0 Å². The zero-order valence-electron chi connectivity index (χ0n) is 15.3. The van der Waals surface area contributed by atoms with Crippen molar-refractivity contribution < 1.29 is 0 Å². The van der Waals surface area contributed by atoms with Crippen LogP contribution in [0.5, 0.6) is 0 Å². The van der Waals surface area contributed by atoms with Gasteiger partial charge in [0.25, 0.3) is 0 Å². The van der Waals surface area contributed by atoms with Crippen molar-refractivity contribution in [2.75, 3.05) is 5.32 Å². The maximum absolute atomic E-state index is 4.62. The smallest absolute Gasteiger partial charge is 0.248 e. The fourth-order valence-corrected chi connectivity index (χ4v) is 3.49. The van der Waals surface area contributed by atoms with Gasteiger partial charge in [0.15, 0.2) is 5.65 Å². The number of nitrogens with zero attached hydrogens (tertiary/aromatic N) is 6. The van der Waals surface area contributed by atoms with Crippen LogP contribution in [0.15, 0.2) is 85.3 Å². The second-order valence-corrected chi connectivity index (χ2v) is 6.74. The molecule has 138 valence electrons. The lowest BCUT2D eigenvalue weighted by molar-refractivity contribution is 0.955. The number of nitrogens with one attached hydrogen (secondary N) is 1. The molecule has 4 aromatic heterocycles. The van der Waals surface area contributed by atoms with Crippen LogP contribution >= 0.6 is 0 Å². The van der Waals surface area contributed by atoms with Crippen LogP contribution in [-0.2, 0) is 0 Å². The molecular weight excluding hydrogens is 362 g/mol. The van der Waals surface area contributed by atoms with Crippen LogP contribution in [0.2, 0.25) is 0 Å². The first-order valence-electron chi connectivity index (χ1n) is 9.25. The Hall–Kier alpha value is -4.26. The Bertz CT molecular complexity index is 1500. The van der Waals surface area contributed by atoms with E-state index in [0.717, 1.165) is 33.3 Å². The van der Waals surface area contributed by atoms with Gasteiger partial charge < -0.3 is 5.32 Å². The van der Waals surface area contributed by atoms with Crippen molar-refractivity contribution in [1.29, 1.82) is 0 Å². The topological polar surface area (TPSA) is 72.9 Å². The molecule has 0 aliphatic carbocycles. The maximum atomic E-state index is 4.62. The van der Waals surface area contributed by atoms with E-state index in [0.29, 0.717) is 11.8 Å². The van der Waals surface area contributed by atoms with Crippen molar-refractivity contribution in [3.63, 3.8) is 0 Å². The number of rotatable bonds is 3. The largest absolute Gasteiger partial charge is 0.307 e. The summed E-state index contributed by atoms with van der Waals surface area (Å²) in [5.74, 6) is 1.21. The first-order valence-corrected chi connectivity index (χ1v) is 9.25. The molecule has 4 heterocycles. The SMILES string of the molecule is c1ccc2nc(Nc3nc4cc(-n5cnc6ccccc65)ccn4n3)ccc2c1. The van der Waals surface area contributed by atoms with Crippen LogP contribution < -0.4 is 5.32 Å². The first-order chi connectivity index (χ1) is 14.3. The Balaban J connectivity index is 1.37. The van der Waals surface area contributed by atoms with Crippen molar-refractivity contribution in [3.8, 4) is 5.69 Å². The van der Waals surface area contributed by atoms with Gasteiger partial charge in [0, 0.05) is 17.6 Å². The summed E-state index contributed by atoms with van der Waals surface area (Å²) in [7, 11) is 0. The average Bonchev–Trinajstić information content (AvgIpc) is 3.36. The van der Waals surface area contributed by atoms with Gasteiger partial charge in [-0.15, -0.1) is 5.10 Å². The molecule has 6 aromatic rings. The van der Waals surface area contributed by atoms with E-state index in [1.165, 1.54) is 0 Å². The molecule has 0 unspecified atom stereocenters. The quantitative estimate of drug-likeness (QED) is 0.496. The fourth-order valence-electron chi connectivity index (χ4n) is 3.49. The van der Waals surface area contributed by atoms with E-state index < -0.39 is 0 Å². The van der Waals surface area contributed by atoms with Crippen molar-refractivity contribution in [1.82, 2.24) is 29.1 Å². The summed E-state index contributed by atoms with van der Waals surface area (Å²) < 4.78 is 3.79. The molecule has 2 aromatic carbocycles. The second kappa shape index (κ2) is 6.13. The number of para-hydroxylation sites is 3. The fraction of sp³-hybridized carbons (Fsp3) is 0. The van der Waals surface area contributed by atoms with E-state index in [1.807, 2.05) is 83.8 Å². The van der Waals surface area contributed by atoms with Gasteiger partial charge in [-0.1, -0.05) is 30.3 Å². The third-order valence-corrected chi connectivity index (χ3v) is 4.89. The van der Waals surface area contributed by atoms with E-state index in [1.54, 1.807) is 4.52 Å². The summed E-state index contributed by atoms with van der Waals surface area (Å²) in [5.41, 5.74) is 4.65. The van der Waals surface area contributed by atoms with Crippen LogP contribution in [-0.4, -0.2) is 29.1 Å². The molecule has 0 atom stereocenters. The number of anilines is 2. The van der Waals surface area contributed by atoms with Gasteiger partial charge in [-0.3, -0.25) is 4.57 Å². The zero-order chi connectivity index (χ0) is 19.2. The molecule has 0 amide bonds. The summed E-state index contributed by atoms with van der Waals surface area (Å²) >= 11 is 0. The third-order valence-electron chi connectivity index (χ3n) is 4.89. The highest BCUT2D eigenvalue weighted by atomic mass is 15.4. The Morgan fingerprint density at radius 3 is 2.62 bits per heavy atom. The lowest BCUT2D eigenvalue weighted by Gasteiger charge is -2.03. The minimum atomic E-state index is 0.500. The highest BCUT2D eigenvalue weighted by Gasteiger charge is 2.09. The van der Waals surface area contributed by atoms with Gasteiger partial charge in [0.1, 0.15) is 12.1 Å². The van der Waals surface area contributed by atoms with Gasteiger partial charge in [-0.2, -0.15) is 4.98 Å². The summed E-state index contributed by atoms with van der Waals surface area (Å²) in [5, 5.41) is 8.79. The van der Waals surface area contributed by atoms with Gasteiger partial charge >= 0.3 is 0 Å². The van der Waals surface area contributed by atoms with Crippen LogP contribution in [0.25, 0.3) is 33.3 Å². The Labute approximate surface area is 165 Å². The van der Waals surface area contributed by atoms with E-state index in [-0.39, 0.29) is 0 Å². The Morgan fingerprint density at radius 1 is 0.793 bits per heavy atom. The molecule has 29 heavy (non-hydrogen) atoms. The number of hydrogen-bond acceptors (Lipinski definition) is 5. The van der Waals surface area contributed by atoms with Crippen molar-refractivity contribution in [2.24, 2.45) is 0 Å². The Kier molecular flexibility index (Phi) is 3.33. The van der Waals surface area contributed by atoms with Gasteiger partial charge in [-0.05, 0) is 36.4 Å². The standard InChI is InChI=1S/C22H15N7/c1-2-6-17-15(5-1)9-10-20(24-17)25-22-26-21-13-16(11-12-29(21)27-22)28-14-23-18-7-3-4-8-19(18)28/h1-14H,(H,24,25,27). The Morgan fingerprint density at radius 2 is 1.66 bits per heavy atom. The van der Waals surface area contributed by atoms with Gasteiger partial charge in [-0.25, -0.2) is 14.5 Å². The number of hydrogen-bond donors (Lipinski definition) is 1. The molecule has 1 N–H and O–H groups in total. The monoisotopic (exact) mass is 377 g/mol. The number of aromatic nitrogens is 6. The maximum Gasteiger partial charge on any atom is 0.248 e. The molecule has 0 bridgehead atoms. The molecule has 0 aliphatic heterocycles. The summed E-state index contributed by atoms with van der Waals surface area (Å²) in [6.45, 7) is 0. The predicted molar refractivity (Wildman–Crippen MR) is 113 cm³/mol. The predicted octanol–water partition coefficient (Wildman–Crippen LogP) is 4.36. The molecular formula is C22H15N7. The van der Waals surface area contributed by atoms with E-state index in [9.17, 15) is 0 Å². The average molecular weight is 377 g/mol. The highest BCUT2D eigenvalue weighted by Crippen LogP contribution is 2.21. The minimum Gasteiger partial charge on any atom is -0.307 e. The molecule has 0 radical (unpaired) electrons. The normalized spacial score (nSPS) is 11.4. The van der Waals surface area contributed by atoms with Crippen LogP contribution in [0.4, 0.5) is 11.8 Å². The van der Waals surface area contributed by atoms with Gasteiger partial charge in [0.2, 0.25) is 5.95 Å². The number of pyridine rings is 2. The molecule has 0 aliphatic rings. The molecule has 0 fully saturated rings. The summed E-state index contributed by atoms with van der Waals surface area (Å²) in [6.07, 6.45) is 3.72. The van der Waals surface area contributed by atoms with E-state index in [4.69, 9.17) is 0 Å². The highest BCUT2D eigenvalue weighted by molar-refractivity contribution is 5.80. The van der Waals surface area contributed by atoms with Crippen molar-refractivity contribution in [3.05, 3.63) is 85.3 Å². The van der Waals surface area contributed by atoms with Gasteiger partial charge in [0.05, 0.1) is 22.2 Å². The molecule has 7 nitrogen and oxygen atoms in total. The van der Waals surface area contributed by atoms with Crippen LogP contribution in [0.1, 0.15) is 0 Å². The molecule has 0 spiro atoms.